The topological polar surface area (TPSA) is 93.7 Å². The highest BCUT2D eigenvalue weighted by atomic mass is 16.5. The lowest BCUT2D eigenvalue weighted by molar-refractivity contribution is -0.119. The summed E-state index contributed by atoms with van der Waals surface area (Å²) < 4.78 is 10.4. The molecule has 7 heteroatoms. The van der Waals surface area contributed by atoms with E-state index >= 15 is 0 Å². The average molecular weight is 489 g/mol. The summed E-state index contributed by atoms with van der Waals surface area (Å²) in [6, 6.07) is 19.9. The Hall–Kier alpha value is -4.13. The molecule has 0 aromatic heterocycles. The van der Waals surface area contributed by atoms with E-state index in [1.807, 2.05) is 63.2 Å². The number of para-hydroxylation sites is 2. The molecule has 0 aliphatic rings. The van der Waals surface area contributed by atoms with Crippen LogP contribution in [0.5, 0.6) is 5.75 Å². The van der Waals surface area contributed by atoms with Gasteiger partial charge in [-0.15, -0.1) is 0 Å². The van der Waals surface area contributed by atoms with E-state index in [1.165, 1.54) is 0 Å². The lowest BCUT2D eigenvalue weighted by Crippen LogP contribution is -2.23. The third kappa shape index (κ3) is 7.18. The first-order valence-corrected chi connectivity index (χ1v) is 11.9. The second kappa shape index (κ2) is 12.5. The van der Waals surface area contributed by atoms with Crippen molar-refractivity contribution in [3.63, 3.8) is 0 Å². The lowest BCUT2D eigenvalue weighted by Gasteiger charge is -2.16. The van der Waals surface area contributed by atoms with Crippen LogP contribution in [0.3, 0.4) is 0 Å². The van der Waals surface area contributed by atoms with Crippen LogP contribution in [0.1, 0.15) is 53.2 Å². The molecule has 2 N–H and O–H groups in total. The van der Waals surface area contributed by atoms with Gasteiger partial charge in [-0.1, -0.05) is 56.3 Å². The zero-order valence-corrected chi connectivity index (χ0v) is 21.1. The highest BCUT2D eigenvalue weighted by Crippen LogP contribution is 2.27. The summed E-state index contributed by atoms with van der Waals surface area (Å²) in [6.07, 6.45) is 0.784. The largest absolute Gasteiger partial charge is 0.497 e. The van der Waals surface area contributed by atoms with Gasteiger partial charge < -0.3 is 20.1 Å². The molecule has 0 aliphatic carbocycles. The fourth-order valence-corrected chi connectivity index (χ4v) is 3.76. The van der Waals surface area contributed by atoms with Crippen LogP contribution < -0.4 is 15.4 Å². The molecule has 0 bridgehead atoms. The molecule has 0 saturated carbocycles. The van der Waals surface area contributed by atoms with Crippen LogP contribution in [0.4, 0.5) is 11.4 Å². The zero-order chi connectivity index (χ0) is 26.1. The van der Waals surface area contributed by atoms with E-state index in [0.29, 0.717) is 12.1 Å². The highest BCUT2D eigenvalue weighted by molar-refractivity contribution is 6.02. The van der Waals surface area contributed by atoms with Crippen LogP contribution in [0.2, 0.25) is 0 Å². The monoisotopic (exact) mass is 488 g/mol. The second-order valence-electron chi connectivity index (χ2n) is 8.76. The van der Waals surface area contributed by atoms with E-state index in [0.717, 1.165) is 28.1 Å². The number of ether oxygens (including phenoxy) is 2. The van der Waals surface area contributed by atoms with E-state index in [4.69, 9.17) is 9.47 Å². The maximum Gasteiger partial charge on any atom is 0.340 e. The van der Waals surface area contributed by atoms with Crippen molar-refractivity contribution in [3.05, 3.63) is 89.0 Å². The summed E-state index contributed by atoms with van der Waals surface area (Å²) in [4.78, 5) is 37.8. The summed E-state index contributed by atoms with van der Waals surface area (Å²) in [5, 5.41) is 5.63. The number of aryl methyl sites for hydroxylation is 2. The Morgan fingerprint density at radius 2 is 1.58 bits per heavy atom. The number of hydrogen-bond donors (Lipinski definition) is 2. The molecular formula is C29H32N2O5. The molecule has 0 heterocycles. The number of carbonyl (C=O) groups excluding carboxylic acids is 3. The number of benzene rings is 3. The quantitative estimate of drug-likeness (QED) is 0.368. The van der Waals surface area contributed by atoms with E-state index in [9.17, 15) is 14.4 Å². The first kappa shape index (κ1) is 26.5. The Kier molecular flexibility index (Phi) is 9.22. The van der Waals surface area contributed by atoms with Crippen LogP contribution in [0.25, 0.3) is 0 Å². The molecule has 0 spiro atoms. The smallest absolute Gasteiger partial charge is 0.340 e. The van der Waals surface area contributed by atoms with Crippen molar-refractivity contribution in [1.29, 1.82) is 0 Å². The SMILES string of the molecule is COc1ccc(CCC(=O)Nc2ccccc2C(=O)OCC(=O)Nc2c(C)cccc2C(C)C)cc1. The molecule has 0 unspecified atom stereocenters. The maximum atomic E-state index is 12.7. The summed E-state index contributed by atoms with van der Waals surface area (Å²) >= 11 is 0. The van der Waals surface area contributed by atoms with E-state index in [1.54, 1.807) is 31.4 Å². The van der Waals surface area contributed by atoms with Crippen molar-refractivity contribution in [3.8, 4) is 5.75 Å². The predicted molar refractivity (Wildman–Crippen MR) is 141 cm³/mol. The molecule has 0 atom stereocenters. The summed E-state index contributed by atoms with van der Waals surface area (Å²) in [7, 11) is 1.60. The van der Waals surface area contributed by atoms with Gasteiger partial charge in [0.2, 0.25) is 5.91 Å². The number of carbonyl (C=O) groups is 3. The third-order valence-electron chi connectivity index (χ3n) is 5.75. The zero-order valence-electron chi connectivity index (χ0n) is 21.1. The number of esters is 1. The van der Waals surface area contributed by atoms with Crippen molar-refractivity contribution in [2.45, 2.75) is 39.5 Å². The molecule has 0 fully saturated rings. The summed E-state index contributed by atoms with van der Waals surface area (Å²) in [5.41, 5.74) is 4.20. The number of methoxy groups -OCH3 is 1. The van der Waals surface area contributed by atoms with Gasteiger partial charge in [-0.05, 0) is 60.2 Å². The third-order valence-corrected chi connectivity index (χ3v) is 5.75. The first-order valence-electron chi connectivity index (χ1n) is 11.9. The van der Waals surface area contributed by atoms with E-state index in [2.05, 4.69) is 10.6 Å². The van der Waals surface area contributed by atoms with Gasteiger partial charge in [0.1, 0.15) is 5.75 Å². The maximum absolute atomic E-state index is 12.7. The molecule has 0 radical (unpaired) electrons. The van der Waals surface area contributed by atoms with Crippen molar-refractivity contribution in [1.82, 2.24) is 0 Å². The molecule has 2 amide bonds. The predicted octanol–water partition coefficient (Wildman–Crippen LogP) is 5.49. The van der Waals surface area contributed by atoms with Gasteiger partial charge in [0.05, 0.1) is 18.4 Å². The molecule has 0 saturated heterocycles. The number of rotatable bonds is 10. The molecule has 0 aliphatic heterocycles. The van der Waals surface area contributed by atoms with Crippen molar-refractivity contribution in [2.24, 2.45) is 0 Å². The minimum absolute atomic E-state index is 0.182. The second-order valence-corrected chi connectivity index (χ2v) is 8.76. The summed E-state index contributed by atoms with van der Waals surface area (Å²) in [6.45, 7) is 5.57. The van der Waals surface area contributed by atoms with E-state index in [-0.39, 0.29) is 23.8 Å². The standard InChI is InChI=1S/C29H32N2O5/c1-19(2)23-10-7-8-20(3)28(23)31-27(33)18-36-29(34)24-9-5-6-11-25(24)30-26(32)17-14-21-12-15-22(35-4)16-13-21/h5-13,15-16,19H,14,17-18H2,1-4H3,(H,30,32)(H,31,33). The highest BCUT2D eigenvalue weighted by Gasteiger charge is 2.17. The molecule has 3 rings (SSSR count). The fourth-order valence-electron chi connectivity index (χ4n) is 3.76. The minimum Gasteiger partial charge on any atom is -0.497 e. The van der Waals surface area contributed by atoms with Crippen LogP contribution in [0, 0.1) is 6.92 Å². The number of anilines is 2. The number of nitrogens with one attached hydrogen (secondary N) is 2. The summed E-state index contributed by atoms with van der Waals surface area (Å²) in [5.74, 6) is -0.373. The minimum atomic E-state index is -0.690. The van der Waals surface area contributed by atoms with Gasteiger partial charge >= 0.3 is 5.97 Å². The Bertz CT molecular complexity index is 1220. The van der Waals surface area contributed by atoms with Crippen LogP contribution >= 0.6 is 0 Å². The first-order chi connectivity index (χ1) is 17.3. The molecule has 188 valence electrons. The molecular weight excluding hydrogens is 456 g/mol. The number of amides is 2. The van der Waals surface area contributed by atoms with E-state index < -0.39 is 18.5 Å². The lowest BCUT2D eigenvalue weighted by atomic mass is 9.98. The van der Waals surface area contributed by atoms with Gasteiger partial charge in [0, 0.05) is 12.1 Å². The van der Waals surface area contributed by atoms with Crippen LogP contribution in [-0.2, 0) is 20.7 Å². The van der Waals surface area contributed by atoms with Gasteiger partial charge in [0.25, 0.3) is 5.91 Å². The van der Waals surface area contributed by atoms with Gasteiger partial charge in [-0.25, -0.2) is 4.79 Å². The van der Waals surface area contributed by atoms with Gasteiger partial charge in [-0.3, -0.25) is 9.59 Å². The molecule has 7 nitrogen and oxygen atoms in total. The fraction of sp³-hybridized carbons (Fsp3) is 0.276. The molecule has 3 aromatic carbocycles. The van der Waals surface area contributed by atoms with Gasteiger partial charge in [-0.2, -0.15) is 0 Å². The van der Waals surface area contributed by atoms with Crippen LogP contribution in [0.15, 0.2) is 66.7 Å². The Labute approximate surface area is 211 Å². The normalized spacial score (nSPS) is 10.6. The Balaban J connectivity index is 1.57. The van der Waals surface area contributed by atoms with Crippen molar-refractivity contribution < 1.29 is 23.9 Å². The average Bonchev–Trinajstić information content (AvgIpc) is 2.87. The van der Waals surface area contributed by atoms with Gasteiger partial charge in [0.15, 0.2) is 6.61 Å². The van der Waals surface area contributed by atoms with Crippen LogP contribution in [-0.4, -0.2) is 31.5 Å². The van der Waals surface area contributed by atoms with Crippen molar-refractivity contribution in [2.75, 3.05) is 24.4 Å². The Morgan fingerprint density at radius 3 is 2.28 bits per heavy atom. The Morgan fingerprint density at radius 1 is 0.861 bits per heavy atom. The molecule has 3 aromatic rings. The molecule has 36 heavy (non-hydrogen) atoms. The van der Waals surface area contributed by atoms with Crippen molar-refractivity contribution >= 4 is 29.2 Å². The number of hydrogen-bond acceptors (Lipinski definition) is 5.